The van der Waals surface area contributed by atoms with Crippen LogP contribution in [0.5, 0.6) is 0 Å². The number of piperidine rings is 1. The standard InChI is InChI=1S/C13H17N/c1-9-4-5-12-11(7-9)8-10-3-2-6-14-13(10)12/h4-5,7,10,13-14H,2-3,6,8H2,1H3. The summed E-state index contributed by atoms with van der Waals surface area (Å²) in [5.74, 6) is 0.876. The maximum Gasteiger partial charge on any atom is 0.0354 e. The average molecular weight is 187 g/mol. The molecular formula is C13H17N. The Morgan fingerprint density at radius 1 is 1.36 bits per heavy atom. The Hall–Kier alpha value is -0.820. The van der Waals surface area contributed by atoms with Crippen molar-refractivity contribution in [2.45, 2.75) is 32.2 Å². The fraction of sp³-hybridized carbons (Fsp3) is 0.538. The molecule has 1 aliphatic heterocycles. The van der Waals surface area contributed by atoms with Gasteiger partial charge >= 0.3 is 0 Å². The van der Waals surface area contributed by atoms with E-state index in [2.05, 4.69) is 30.4 Å². The molecule has 1 heterocycles. The third-order valence-electron chi connectivity index (χ3n) is 3.70. The largest absolute Gasteiger partial charge is 0.310 e. The lowest BCUT2D eigenvalue weighted by Gasteiger charge is -2.27. The molecule has 2 aliphatic rings. The lowest BCUT2D eigenvalue weighted by molar-refractivity contribution is 0.307. The van der Waals surface area contributed by atoms with Crippen LogP contribution in [-0.4, -0.2) is 6.54 Å². The molecule has 1 aromatic carbocycles. The lowest BCUT2D eigenvalue weighted by Crippen LogP contribution is -2.31. The first-order valence-electron chi connectivity index (χ1n) is 5.67. The van der Waals surface area contributed by atoms with E-state index in [0.29, 0.717) is 6.04 Å². The second-order valence-electron chi connectivity index (χ2n) is 4.74. The zero-order valence-corrected chi connectivity index (χ0v) is 8.72. The van der Waals surface area contributed by atoms with Crippen LogP contribution in [0.4, 0.5) is 0 Å². The van der Waals surface area contributed by atoms with E-state index in [0.717, 1.165) is 5.92 Å². The summed E-state index contributed by atoms with van der Waals surface area (Å²) >= 11 is 0. The Morgan fingerprint density at radius 2 is 2.29 bits per heavy atom. The van der Waals surface area contributed by atoms with Gasteiger partial charge in [-0.15, -0.1) is 0 Å². The Bertz CT molecular complexity index is 356. The first-order valence-corrected chi connectivity index (χ1v) is 5.67. The molecule has 2 atom stereocenters. The van der Waals surface area contributed by atoms with Gasteiger partial charge in [-0.2, -0.15) is 0 Å². The van der Waals surface area contributed by atoms with Crippen LogP contribution in [0.3, 0.4) is 0 Å². The summed E-state index contributed by atoms with van der Waals surface area (Å²) in [6, 6.07) is 7.61. The van der Waals surface area contributed by atoms with Crippen molar-refractivity contribution in [1.82, 2.24) is 5.32 Å². The molecule has 0 saturated carbocycles. The van der Waals surface area contributed by atoms with Crippen LogP contribution in [0, 0.1) is 12.8 Å². The van der Waals surface area contributed by atoms with E-state index < -0.39 is 0 Å². The van der Waals surface area contributed by atoms with E-state index in [1.165, 1.54) is 31.4 Å². The van der Waals surface area contributed by atoms with E-state index in [1.807, 2.05) is 0 Å². The van der Waals surface area contributed by atoms with Crippen molar-refractivity contribution in [1.29, 1.82) is 0 Å². The predicted octanol–water partition coefficient (Wildman–Crippen LogP) is 2.59. The predicted molar refractivity (Wildman–Crippen MR) is 58.4 cm³/mol. The monoisotopic (exact) mass is 187 g/mol. The SMILES string of the molecule is Cc1ccc2c(c1)CC1CCCNC21. The fourth-order valence-corrected chi connectivity index (χ4v) is 3.04. The number of hydrogen-bond donors (Lipinski definition) is 1. The highest BCUT2D eigenvalue weighted by molar-refractivity contribution is 5.39. The van der Waals surface area contributed by atoms with Crippen LogP contribution in [-0.2, 0) is 6.42 Å². The molecule has 1 fully saturated rings. The van der Waals surface area contributed by atoms with Gasteiger partial charge in [0.15, 0.2) is 0 Å². The summed E-state index contributed by atoms with van der Waals surface area (Å²) < 4.78 is 0. The molecule has 14 heavy (non-hydrogen) atoms. The zero-order chi connectivity index (χ0) is 9.54. The molecule has 1 heteroatoms. The highest BCUT2D eigenvalue weighted by atomic mass is 14.9. The van der Waals surface area contributed by atoms with Crippen molar-refractivity contribution in [2.24, 2.45) is 5.92 Å². The smallest absolute Gasteiger partial charge is 0.0354 e. The third kappa shape index (κ3) is 1.19. The van der Waals surface area contributed by atoms with Crippen LogP contribution in [0.1, 0.15) is 35.6 Å². The summed E-state index contributed by atoms with van der Waals surface area (Å²) in [5, 5.41) is 3.66. The van der Waals surface area contributed by atoms with Crippen LogP contribution in [0.2, 0.25) is 0 Å². The molecule has 0 spiro atoms. The van der Waals surface area contributed by atoms with Crippen LogP contribution >= 0.6 is 0 Å². The van der Waals surface area contributed by atoms with Gasteiger partial charge in [0.25, 0.3) is 0 Å². The minimum atomic E-state index is 0.666. The Balaban J connectivity index is 2.01. The van der Waals surface area contributed by atoms with Gasteiger partial charge in [0, 0.05) is 6.04 Å². The van der Waals surface area contributed by atoms with Gasteiger partial charge in [-0.05, 0) is 49.8 Å². The Labute approximate surface area is 85.5 Å². The van der Waals surface area contributed by atoms with Gasteiger partial charge < -0.3 is 5.32 Å². The minimum absolute atomic E-state index is 0.666. The van der Waals surface area contributed by atoms with Crippen LogP contribution in [0.15, 0.2) is 18.2 Å². The first kappa shape index (κ1) is 8.49. The molecule has 0 amide bonds. The van der Waals surface area contributed by atoms with E-state index >= 15 is 0 Å². The van der Waals surface area contributed by atoms with Gasteiger partial charge in [-0.1, -0.05) is 23.8 Å². The lowest BCUT2D eigenvalue weighted by atomic mass is 9.92. The van der Waals surface area contributed by atoms with Crippen LogP contribution < -0.4 is 5.32 Å². The summed E-state index contributed by atoms with van der Waals surface area (Å²) in [5.41, 5.74) is 4.57. The number of benzene rings is 1. The first-order chi connectivity index (χ1) is 6.84. The van der Waals surface area contributed by atoms with Crippen molar-refractivity contribution in [2.75, 3.05) is 6.54 Å². The molecule has 2 unspecified atom stereocenters. The van der Waals surface area contributed by atoms with Gasteiger partial charge in [-0.25, -0.2) is 0 Å². The summed E-state index contributed by atoms with van der Waals surface area (Å²) in [6.07, 6.45) is 4.06. The van der Waals surface area contributed by atoms with Gasteiger partial charge in [0.2, 0.25) is 0 Å². The van der Waals surface area contributed by atoms with Crippen LogP contribution in [0.25, 0.3) is 0 Å². The molecule has 1 saturated heterocycles. The van der Waals surface area contributed by atoms with E-state index in [1.54, 1.807) is 11.1 Å². The molecule has 1 aliphatic carbocycles. The molecule has 1 nitrogen and oxygen atoms in total. The molecule has 1 aromatic rings. The fourth-order valence-electron chi connectivity index (χ4n) is 3.04. The van der Waals surface area contributed by atoms with Crippen molar-refractivity contribution in [3.8, 4) is 0 Å². The highest BCUT2D eigenvalue weighted by Crippen LogP contribution is 2.40. The van der Waals surface area contributed by atoms with Gasteiger partial charge in [0.1, 0.15) is 0 Å². The summed E-state index contributed by atoms with van der Waals surface area (Å²) in [7, 11) is 0. The quantitative estimate of drug-likeness (QED) is 0.658. The van der Waals surface area contributed by atoms with Crippen molar-refractivity contribution < 1.29 is 0 Å². The van der Waals surface area contributed by atoms with Crippen molar-refractivity contribution in [3.63, 3.8) is 0 Å². The van der Waals surface area contributed by atoms with Crippen molar-refractivity contribution in [3.05, 3.63) is 34.9 Å². The number of hydrogen-bond acceptors (Lipinski definition) is 1. The topological polar surface area (TPSA) is 12.0 Å². The molecule has 3 rings (SSSR count). The molecule has 0 bridgehead atoms. The molecule has 74 valence electrons. The maximum atomic E-state index is 3.66. The normalized spacial score (nSPS) is 29.8. The molecular weight excluding hydrogens is 170 g/mol. The number of aryl methyl sites for hydroxylation is 1. The van der Waals surface area contributed by atoms with Gasteiger partial charge in [0.05, 0.1) is 0 Å². The molecule has 0 aromatic heterocycles. The Kier molecular flexibility index (Phi) is 1.88. The van der Waals surface area contributed by atoms with E-state index in [-0.39, 0.29) is 0 Å². The maximum absolute atomic E-state index is 3.66. The number of fused-ring (bicyclic) bond motifs is 3. The second-order valence-corrected chi connectivity index (χ2v) is 4.74. The van der Waals surface area contributed by atoms with Crippen molar-refractivity contribution >= 4 is 0 Å². The number of nitrogens with one attached hydrogen (secondary N) is 1. The summed E-state index contributed by atoms with van der Waals surface area (Å²) in [6.45, 7) is 3.39. The zero-order valence-electron chi connectivity index (χ0n) is 8.72. The van der Waals surface area contributed by atoms with E-state index in [4.69, 9.17) is 0 Å². The Morgan fingerprint density at radius 3 is 3.21 bits per heavy atom. The average Bonchev–Trinajstić information content (AvgIpc) is 2.54. The number of rotatable bonds is 0. The third-order valence-corrected chi connectivity index (χ3v) is 3.70. The highest BCUT2D eigenvalue weighted by Gasteiger charge is 2.33. The second kappa shape index (κ2) is 3.09. The van der Waals surface area contributed by atoms with Gasteiger partial charge in [-0.3, -0.25) is 0 Å². The minimum Gasteiger partial charge on any atom is -0.310 e. The molecule has 0 radical (unpaired) electrons. The summed E-state index contributed by atoms with van der Waals surface area (Å²) in [4.78, 5) is 0. The molecule has 1 N–H and O–H groups in total. The van der Waals surface area contributed by atoms with E-state index in [9.17, 15) is 0 Å².